The zero-order valence-corrected chi connectivity index (χ0v) is 20.2. The molecule has 3 atom stereocenters. The predicted molar refractivity (Wildman–Crippen MR) is 121 cm³/mol. The smallest absolute Gasteiger partial charge is 0.243 e. The number of sulfonamides is 1. The average molecular weight is 480 g/mol. The van der Waals surface area contributed by atoms with Crippen molar-refractivity contribution in [3.05, 3.63) is 48.0 Å². The minimum atomic E-state index is -3.87. The van der Waals surface area contributed by atoms with Gasteiger partial charge >= 0.3 is 0 Å². The van der Waals surface area contributed by atoms with E-state index < -0.39 is 19.9 Å². The summed E-state index contributed by atoms with van der Waals surface area (Å²) in [5.74, 6) is 1.88. The molecule has 0 radical (unpaired) electrons. The first-order valence-electron chi connectivity index (χ1n) is 10.8. The highest BCUT2D eigenvalue weighted by Crippen LogP contribution is 2.38. The highest BCUT2D eigenvalue weighted by Gasteiger charge is 2.38. The molecule has 2 aromatic rings. The van der Waals surface area contributed by atoms with Gasteiger partial charge in [-0.1, -0.05) is 32.8 Å². The summed E-state index contributed by atoms with van der Waals surface area (Å²) in [7, 11) is -7.28. The molecule has 174 valence electrons. The lowest BCUT2D eigenvalue weighted by Gasteiger charge is -2.41. The molecule has 0 bridgehead atoms. The SMILES string of the molecule is C[C@H]1[C@H](C)CCC[C@H]1N(Cc1ccc2c(c1)OCO2)S(=O)(=O)c1ccc(S(C)(=O)=O)cc1. The normalized spacial score (nSPS) is 23.4. The van der Waals surface area contributed by atoms with Gasteiger partial charge in [0.2, 0.25) is 16.8 Å². The van der Waals surface area contributed by atoms with E-state index in [4.69, 9.17) is 9.47 Å². The van der Waals surface area contributed by atoms with Crippen LogP contribution in [0.5, 0.6) is 11.5 Å². The molecule has 1 heterocycles. The third-order valence-electron chi connectivity index (χ3n) is 6.67. The van der Waals surface area contributed by atoms with Gasteiger partial charge in [0.15, 0.2) is 21.3 Å². The number of nitrogens with zero attached hydrogens (tertiary/aromatic N) is 1. The summed E-state index contributed by atoms with van der Waals surface area (Å²) in [6.07, 6.45) is 3.94. The predicted octanol–water partition coefficient (Wildman–Crippen LogP) is 3.83. The zero-order chi connectivity index (χ0) is 23.1. The summed E-state index contributed by atoms with van der Waals surface area (Å²) in [6, 6.07) is 10.8. The van der Waals surface area contributed by atoms with Crippen molar-refractivity contribution in [3.63, 3.8) is 0 Å². The molecule has 0 amide bonds. The van der Waals surface area contributed by atoms with Crippen LogP contribution in [-0.4, -0.2) is 40.2 Å². The fraction of sp³-hybridized carbons (Fsp3) is 0.478. The van der Waals surface area contributed by atoms with Crippen molar-refractivity contribution in [2.45, 2.75) is 55.5 Å². The van der Waals surface area contributed by atoms with Gasteiger partial charge in [0, 0.05) is 18.8 Å². The van der Waals surface area contributed by atoms with Gasteiger partial charge in [-0.15, -0.1) is 0 Å². The third-order valence-corrected chi connectivity index (χ3v) is 9.68. The van der Waals surface area contributed by atoms with Crippen LogP contribution in [0.25, 0.3) is 0 Å². The highest BCUT2D eigenvalue weighted by molar-refractivity contribution is 7.90. The van der Waals surface area contributed by atoms with E-state index in [2.05, 4.69) is 13.8 Å². The Balaban J connectivity index is 1.72. The van der Waals surface area contributed by atoms with Gasteiger partial charge in [0.25, 0.3) is 0 Å². The number of hydrogen-bond acceptors (Lipinski definition) is 6. The Hall–Kier alpha value is -2.10. The van der Waals surface area contributed by atoms with E-state index in [0.717, 1.165) is 31.1 Å². The standard InChI is InChI=1S/C23H29NO6S2/c1-16-5-4-6-21(17(16)2)24(14-18-7-12-22-23(13-18)30-15-29-22)32(27,28)20-10-8-19(9-11-20)31(3,25)26/h7-13,16-17,21H,4-6,14-15H2,1-3H3/t16-,17+,21-/m1/s1. The van der Waals surface area contributed by atoms with Crippen molar-refractivity contribution in [1.82, 2.24) is 4.31 Å². The van der Waals surface area contributed by atoms with Crippen molar-refractivity contribution in [2.75, 3.05) is 13.0 Å². The van der Waals surface area contributed by atoms with Crippen LogP contribution in [0.2, 0.25) is 0 Å². The molecule has 4 rings (SSSR count). The van der Waals surface area contributed by atoms with E-state index in [1.165, 1.54) is 24.3 Å². The Morgan fingerprint density at radius 3 is 2.25 bits per heavy atom. The second-order valence-corrected chi connectivity index (χ2v) is 12.7. The van der Waals surface area contributed by atoms with Gasteiger partial charge in [0.05, 0.1) is 9.79 Å². The maximum Gasteiger partial charge on any atom is 0.243 e. The van der Waals surface area contributed by atoms with Gasteiger partial charge in [-0.05, 0) is 60.2 Å². The highest BCUT2D eigenvalue weighted by atomic mass is 32.2. The molecule has 0 saturated heterocycles. The molecule has 0 N–H and O–H groups in total. The molecule has 0 aromatic heterocycles. The lowest BCUT2D eigenvalue weighted by molar-refractivity contribution is 0.138. The molecule has 2 aliphatic rings. The summed E-state index contributed by atoms with van der Waals surface area (Å²) in [4.78, 5) is 0.189. The zero-order valence-electron chi connectivity index (χ0n) is 18.5. The van der Waals surface area contributed by atoms with E-state index in [0.29, 0.717) is 17.4 Å². The van der Waals surface area contributed by atoms with Gasteiger partial charge in [-0.3, -0.25) is 0 Å². The number of ether oxygens (including phenoxy) is 2. The Morgan fingerprint density at radius 2 is 1.56 bits per heavy atom. The van der Waals surface area contributed by atoms with E-state index in [1.54, 1.807) is 10.4 Å². The molecule has 1 aliphatic heterocycles. The largest absolute Gasteiger partial charge is 0.454 e. The molecule has 0 unspecified atom stereocenters. The number of hydrogen-bond donors (Lipinski definition) is 0. The number of benzene rings is 2. The minimum Gasteiger partial charge on any atom is -0.454 e. The summed E-state index contributed by atoms with van der Waals surface area (Å²) < 4.78 is 63.7. The van der Waals surface area contributed by atoms with E-state index >= 15 is 0 Å². The maximum atomic E-state index is 13.8. The molecule has 32 heavy (non-hydrogen) atoms. The van der Waals surface area contributed by atoms with Crippen LogP contribution in [0.15, 0.2) is 52.3 Å². The molecule has 9 heteroatoms. The Kier molecular flexibility index (Phi) is 6.26. The van der Waals surface area contributed by atoms with E-state index in [-0.39, 0.29) is 35.1 Å². The Labute approximate surface area is 190 Å². The summed E-state index contributed by atoms with van der Waals surface area (Å²) in [6.45, 7) is 4.64. The molecule has 0 spiro atoms. The van der Waals surface area contributed by atoms with Crippen LogP contribution in [0.3, 0.4) is 0 Å². The Morgan fingerprint density at radius 1 is 0.906 bits per heavy atom. The average Bonchev–Trinajstić information content (AvgIpc) is 3.21. The number of rotatable bonds is 6. The van der Waals surface area contributed by atoms with Gasteiger partial charge in [0.1, 0.15) is 0 Å². The van der Waals surface area contributed by atoms with Crippen molar-refractivity contribution in [3.8, 4) is 11.5 Å². The van der Waals surface area contributed by atoms with Crippen LogP contribution in [0.4, 0.5) is 0 Å². The van der Waals surface area contributed by atoms with Gasteiger partial charge in [-0.25, -0.2) is 16.8 Å². The van der Waals surface area contributed by atoms with Crippen molar-refractivity contribution < 1.29 is 26.3 Å². The quantitative estimate of drug-likeness (QED) is 0.625. The second kappa shape index (κ2) is 8.68. The molecular formula is C23H29NO6S2. The van der Waals surface area contributed by atoms with Crippen LogP contribution in [0.1, 0.15) is 38.7 Å². The first kappa shape index (κ1) is 23.1. The maximum absolute atomic E-state index is 13.8. The first-order chi connectivity index (χ1) is 15.1. The van der Waals surface area contributed by atoms with Crippen LogP contribution in [-0.2, 0) is 26.4 Å². The molecule has 1 fully saturated rings. The third kappa shape index (κ3) is 4.51. The number of fused-ring (bicyclic) bond motifs is 1. The molecular weight excluding hydrogens is 450 g/mol. The van der Waals surface area contributed by atoms with Crippen molar-refractivity contribution in [1.29, 1.82) is 0 Å². The van der Waals surface area contributed by atoms with Crippen molar-refractivity contribution >= 4 is 19.9 Å². The Bertz CT molecular complexity index is 1190. The van der Waals surface area contributed by atoms with Gasteiger partial charge < -0.3 is 9.47 Å². The van der Waals surface area contributed by atoms with Gasteiger partial charge in [-0.2, -0.15) is 4.31 Å². The van der Waals surface area contributed by atoms with Crippen LogP contribution < -0.4 is 9.47 Å². The second-order valence-electron chi connectivity index (χ2n) is 8.82. The van der Waals surface area contributed by atoms with E-state index in [9.17, 15) is 16.8 Å². The number of sulfone groups is 1. The summed E-state index contributed by atoms with van der Waals surface area (Å²) in [5, 5.41) is 0. The fourth-order valence-corrected chi connectivity index (χ4v) is 6.91. The lowest BCUT2D eigenvalue weighted by Crippen LogP contribution is -2.46. The topological polar surface area (TPSA) is 90.0 Å². The van der Waals surface area contributed by atoms with Crippen molar-refractivity contribution in [2.24, 2.45) is 11.8 Å². The minimum absolute atomic E-state index is 0.0936. The van der Waals surface area contributed by atoms with E-state index in [1.807, 2.05) is 12.1 Å². The monoisotopic (exact) mass is 479 g/mol. The fourth-order valence-electron chi connectivity index (χ4n) is 4.55. The molecule has 2 aromatic carbocycles. The van der Waals surface area contributed by atoms with Crippen LogP contribution >= 0.6 is 0 Å². The molecule has 1 saturated carbocycles. The molecule has 7 nitrogen and oxygen atoms in total. The summed E-state index contributed by atoms with van der Waals surface area (Å²) >= 11 is 0. The summed E-state index contributed by atoms with van der Waals surface area (Å²) in [5.41, 5.74) is 0.816. The van der Waals surface area contributed by atoms with Crippen LogP contribution in [0, 0.1) is 11.8 Å². The lowest BCUT2D eigenvalue weighted by atomic mass is 9.78. The first-order valence-corrected chi connectivity index (χ1v) is 14.1. The molecule has 1 aliphatic carbocycles.